The van der Waals surface area contributed by atoms with Crippen LogP contribution in [0.2, 0.25) is 5.02 Å². The van der Waals surface area contributed by atoms with Crippen molar-refractivity contribution in [1.82, 2.24) is 5.16 Å². The van der Waals surface area contributed by atoms with Crippen molar-refractivity contribution in [2.24, 2.45) is 0 Å². The maximum atomic E-state index is 11.9. The number of rotatable bonds is 5. The molecule has 2 heterocycles. The molecule has 5 nitrogen and oxygen atoms in total. The average molecular weight is 414 g/mol. The monoisotopic (exact) mass is 413 g/mol. The Hall–Kier alpha value is -2.83. The first-order valence-electron chi connectivity index (χ1n) is 8.49. The van der Waals surface area contributed by atoms with Gasteiger partial charge in [0.15, 0.2) is 5.76 Å². The van der Waals surface area contributed by atoms with Crippen LogP contribution in [0.25, 0.3) is 21.4 Å². The van der Waals surface area contributed by atoms with E-state index in [1.807, 2.05) is 37.3 Å². The van der Waals surface area contributed by atoms with Gasteiger partial charge in [-0.05, 0) is 48.9 Å². The lowest BCUT2D eigenvalue weighted by atomic mass is 10.1. The molecule has 0 N–H and O–H groups in total. The Morgan fingerprint density at radius 1 is 1.21 bits per heavy atom. The van der Waals surface area contributed by atoms with Gasteiger partial charge in [0.1, 0.15) is 18.1 Å². The van der Waals surface area contributed by atoms with Gasteiger partial charge in [-0.2, -0.15) is 0 Å². The highest BCUT2D eigenvalue weighted by atomic mass is 35.5. The predicted octanol–water partition coefficient (Wildman–Crippen LogP) is 5.88. The zero-order chi connectivity index (χ0) is 19.7. The molecule has 4 rings (SSSR count). The van der Waals surface area contributed by atoms with Crippen molar-refractivity contribution >= 4 is 39.0 Å². The summed E-state index contributed by atoms with van der Waals surface area (Å²) in [5.41, 5.74) is 3.08. The number of hydrogen-bond donors (Lipinski definition) is 0. The number of methoxy groups -OCH3 is 1. The zero-order valence-electron chi connectivity index (χ0n) is 15.2. The van der Waals surface area contributed by atoms with Crippen molar-refractivity contribution in [3.8, 4) is 17.1 Å². The van der Waals surface area contributed by atoms with Crippen molar-refractivity contribution in [2.45, 2.75) is 13.5 Å². The van der Waals surface area contributed by atoms with Gasteiger partial charge < -0.3 is 14.0 Å². The number of aromatic nitrogens is 1. The fourth-order valence-electron chi connectivity index (χ4n) is 2.87. The number of aryl methyl sites for hydroxylation is 1. The number of carbonyl (C=O) groups is 1. The Bertz CT molecular complexity index is 1150. The van der Waals surface area contributed by atoms with Crippen LogP contribution < -0.4 is 4.74 Å². The van der Waals surface area contributed by atoms with E-state index in [0.717, 1.165) is 27.0 Å². The van der Waals surface area contributed by atoms with E-state index in [1.165, 1.54) is 18.4 Å². The van der Waals surface area contributed by atoms with E-state index in [9.17, 15) is 4.79 Å². The molecule has 0 spiro atoms. The molecule has 0 aliphatic heterocycles. The first-order chi connectivity index (χ1) is 13.5. The number of benzene rings is 2. The molecule has 0 saturated heterocycles. The summed E-state index contributed by atoms with van der Waals surface area (Å²) in [6.07, 6.45) is 0. The van der Waals surface area contributed by atoms with Gasteiger partial charge in [0.05, 0.1) is 12.7 Å². The van der Waals surface area contributed by atoms with Gasteiger partial charge in [-0.15, -0.1) is 11.3 Å². The molecular formula is C21H16ClNO4S. The standard InChI is InChI=1S/C21H16ClNO4S/c1-12-7-16-17(21(24)25-2)11-28-20(16)9-18(12)26-10-15-8-19(27-23-15)13-3-5-14(22)6-4-13/h3-9,11H,10H2,1-2H3. The summed E-state index contributed by atoms with van der Waals surface area (Å²) in [5, 5.41) is 7.41. The largest absolute Gasteiger partial charge is 0.487 e. The Balaban J connectivity index is 1.52. The molecule has 0 aliphatic carbocycles. The van der Waals surface area contributed by atoms with Crippen molar-refractivity contribution in [2.75, 3.05) is 7.11 Å². The topological polar surface area (TPSA) is 61.6 Å². The molecule has 0 atom stereocenters. The molecule has 0 radical (unpaired) electrons. The minimum Gasteiger partial charge on any atom is -0.487 e. The molecule has 142 valence electrons. The van der Waals surface area contributed by atoms with Crippen LogP contribution >= 0.6 is 22.9 Å². The van der Waals surface area contributed by atoms with E-state index < -0.39 is 0 Å². The first-order valence-corrected chi connectivity index (χ1v) is 9.75. The molecule has 0 fully saturated rings. The lowest BCUT2D eigenvalue weighted by molar-refractivity contribution is 0.0603. The van der Waals surface area contributed by atoms with E-state index in [-0.39, 0.29) is 12.6 Å². The molecule has 4 aromatic rings. The van der Waals surface area contributed by atoms with Crippen LogP contribution in [-0.4, -0.2) is 18.2 Å². The highest BCUT2D eigenvalue weighted by molar-refractivity contribution is 7.17. The maximum absolute atomic E-state index is 11.9. The minimum absolute atomic E-state index is 0.276. The van der Waals surface area contributed by atoms with Gasteiger partial charge in [0.2, 0.25) is 0 Å². The number of thiophene rings is 1. The minimum atomic E-state index is -0.336. The summed E-state index contributed by atoms with van der Waals surface area (Å²) in [6, 6.07) is 13.1. The Morgan fingerprint density at radius 2 is 2.00 bits per heavy atom. The van der Waals surface area contributed by atoms with Crippen molar-refractivity contribution in [3.05, 3.63) is 69.7 Å². The number of carbonyl (C=O) groups excluding carboxylic acids is 1. The molecule has 0 bridgehead atoms. The quantitative estimate of drug-likeness (QED) is 0.382. The number of esters is 1. The third-order valence-corrected chi connectivity index (χ3v) is 5.54. The average Bonchev–Trinajstić information content (AvgIpc) is 3.33. The fraction of sp³-hybridized carbons (Fsp3) is 0.143. The summed E-state index contributed by atoms with van der Waals surface area (Å²) in [6.45, 7) is 2.22. The molecule has 2 aromatic heterocycles. The van der Waals surface area contributed by atoms with Crippen LogP contribution in [0.4, 0.5) is 0 Å². The van der Waals surface area contributed by atoms with E-state index in [1.54, 1.807) is 17.5 Å². The van der Waals surface area contributed by atoms with Gasteiger partial charge in [0.25, 0.3) is 0 Å². The molecular weight excluding hydrogens is 398 g/mol. The summed E-state index contributed by atoms with van der Waals surface area (Å²) < 4.78 is 17.1. The number of hydrogen-bond acceptors (Lipinski definition) is 6. The lowest BCUT2D eigenvalue weighted by Crippen LogP contribution is -2.00. The maximum Gasteiger partial charge on any atom is 0.339 e. The van der Waals surface area contributed by atoms with Crippen molar-refractivity contribution < 1.29 is 18.8 Å². The normalized spacial score (nSPS) is 11.0. The van der Waals surface area contributed by atoms with Crippen LogP contribution in [0, 0.1) is 6.92 Å². The number of fused-ring (bicyclic) bond motifs is 1. The van der Waals surface area contributed by atoms with Gasteiger partial charge in [-0.1, -0.05) is 16.8 Å². The molecule has 28 heavy (non-hydrogen) atoms. The molecule has 0 aliphatic rings. The Labute approximate surface area is 170 Å². The van der Waals surface area contributed by atoms with Gasteiger partial charge in [0, 0.05) is 32.1 Å². The number of nitrogens with zero attached hydrogens (tertiary/aromatic N) is 1. The van der Waals surface area contributed by atoms with Crippen molar-refractivity contribution in [1.29, 1.82) is 0 Å². The smallest absolute Gasteiger partial charge is 0.339 e. The SMILES string of the molecule is COC(=O)c1csc2cc(OCc3cc(-c4ccc(Cl)cc4)on3)c(C)cc12. The zero-order valence-corrected chi connectivity index (χ0v) is 16.8. The lowest BCUT2D eigenvalue weighted by Gasteiger charge is -2.08. The molecule has 0 amide bonds. The van der Waals surface area contributed by atoms with Gasteiger partial charge >= 0.3 is 5.97 Å². The van der Waals surface area contributed by atoms with Crippen LogP contribution in [0.3, 0.4) is 0 Å². The van der Waals surface area contributed by atoms with E-state index in [2.05, 4.69) is 5.16 Å². The highest BCUT2D eigenvalue weighted by Crippen LogP contribution is 2.33. The Kier molecular flexibility index (Phi) is 5.07. The van der Waals surface area contributed by atoms with Crippen LogP contribution in [0.5, 0.6) is 5.75 Å². The summed E-state index contributed by atoms with van der Waals surface area (Å²) in [4.78, 5) is 11.9. The van der Waals surface area contributed by atoms with E-state index >= 15 is 0 Å². The first kappa shape index (κ1) is 18.5. The van der Waals surface area contributed by atoms with E-state index in [0.29, 0.717) is 22.0 Å². The number of halogens is 1. The molecule has 2 aromatic carbocycles. The summed E-state index contributed by atoms with van der Waals surface area (Å²) >= 11 is 7.39. The van der Waals surface area contributed by atoms with Gasteiger partial charge in [-0.25, -0.2) is 4.79 Å². The van der Waals surface area contributed by atoms with Crippen LogP contribution in [0.1, 0.15) is 21.6 Å². The summed E-state index contributed by atoms with van der Waals surface area (Å²) in [7, 11) is 1.38. The van der Waals surface area contributed by atoms with Crippen LogP contribution in [0.15, 0.2) is 52.4 Å². The number of ether oxygens (including phenoxy) is 2. The highest BCUT2D eigenvalue weighted by Gasteiger charge is 2.15. The second-order valence-electron chi connectivity index (χ2n) is 6.23. The molecule has 0 unspecified atom stereocenters. The second-order valence-corrected chi connectivity index (χ2v) is 7.58. The van der Waals surface area contributed by atoms with Gasteiger partial charge in [-0.3, -0.25) is 0 Å². The predicted molar refractivity (Wildman–Crippen MR) is 109 cm³/mol. The Morgan fingerprint density at radius 3 is 2.75 bits per heavy atom. The third kappa shape index (κ3) is 3.61. The fourth-order valence-corrected chi connectivity index (χ4v) is 3.93. The summed E-state index contributed by atoms with van der Waals surface area (Å²) in [5.74, 6) is 1.06. The van der Waals surface area contributed by atoms with E-state index in [4.69, 9.17) is 25.6 Å². The third-order valence-electron chi connectivity index (χ3n) is 4.34. The molecule has 7 heteroatoms. The van der Waals surface area contributed by atoms with Crippen molar-refractivity contribution in [3.63, 3.8) is 0 Å². The molecule has 0 saturated carbocycles. The van der Waals surface area contributed by atoms with Crippen LogP contribution in [-0.2, 0) is 11.3 Å². The second kappa shape index (κ2) is 7.66.